The van der Waals surface area contributed by atoms with E-state index in [1.54, 1.807) is 0 Å². The smallest absolute Gasteiger partial charge is 0.192 e. The van der Waals surface area contributed by atoms with E-state index in [-0.39, 0.29) is 11.3 Å². The fourth-order valence-electron chi connectivity index (χ4n) is 3.53. The molecule has 0 N–H and O–H groups in total. The maximum absolute atomic E-state index is 6.77. The highest BCUT2D eigenvalue weighted by Crippen LogP contribution is 2.49. The van der Waals surface area contributed by atoms with Crippen molar-refractivity contribution in [3.05, 3.63) is 0 Å². The van der Waals surface area contributed by atoms with Crippen molar-refractivity contribution in [3.63, 3.8) is 0 Å². The minimum Gasteiger partial charge on any atom is -0.413 e. The van der Waals surface area contributed by atoms with E-state index in [4.69, 9.17) is 13.9 Å². The van der Waals surface area contributed by atoms with Gasteiger partial charge < -0.3 is 13.9 Å². The summed E-state index contributed by atoms with van der Waals surface area (Å²) in [5, 5.41) is 0.276. The van der Waals surface area contributed by atoms with Crippen LogP contribution in [0.3, 0.4) is 0 Å². The van der Waals surface area contributed by atoms with Crippen LogP contribution in [0.4, 0.5) is 0 Å². The Bertz CT molecular complexity index is 350. The van der Waals surface area contributed by atoms with Crippen molar-refractivity contribution >= 4 is 8.32 Å². The van der Waals surface area contributed by atoms with Crippen molar-refractivity contribution in [2.24, 2.45) is 17.8 Å². The average molecular weight is 284 g/mol. The monoisotopic (exact) mass is 284 g/mol. The Kier molecular flexibility index (Phi) is 3.37. The summed E-state index contributed by atoms with van der Waals surface area (Å²) in [6.07, 6.45) is 2.94. The molecule has 1 aliphatic carbocycles. The normalized spacial score (nSPS) is 42.5. The first kappa shape index (κ1) is 14.1. The van der Waals surface area contributed by atoms with Gasteiger partial charge in [-0.25, -0.2) is 0 Å². The largest absolute Gasteiger partial charge is 0.413 e. The molecule has 4 rings (SSSR count). The van der Waals surface area contributed by atoms with E-state index in [0.29, 0.717) is 23.9 Å². The lowest BCUT2D eigenvalue weighted by atomic mass is 9.74. The summed E-state index contributed by atoms with van der Waals surface area (Å²) >= 11 is 0. The van der Waals surface area contributed by atoms with E-state index in [0.717, 1.165) is 13.2 Å². The molecule has 3 aliphatic heterocycles. The van der Waals surface area contributed by atoms with Crippen molar-refractivity contribution in [1.29, 1.82) is 0 Å². The molecule has 4 aliphatic rings. The van der Waals surface area contributed by atoms with Gasteiger partial charge in [0.25, 0.3) is 0 Å². The van der Waals surface area contributed by atoms with Gasteiger partial charge in [-0.15, -0.1) is 0 Å². The van der Waals surface area contributed by atoms with E-state index in [1.165, 1.54) is 12.8 Å². The molecule has 0 spiro atoms. The quantitative estimate of drug-likeness (QED) is 0.727. The van der Waals surface area contributed by atoms with E-state index in [1.807, 2.05) is 0 Å². The van der Waals surface area contributed by atoms with E-state index < -0.39 is 8.32 Å². The minimum atomic E-state index is -1.70. The van der Waals surface area contributed by atoms with Crippen molar-refractivity contribution in [1.82, 2.24) is 0 Å². The fourth-order valence-corrected chi connectivity index (χ4v) is 4.93. The molecule has 0 aromatic carbocycles. The Morgan fingerprint density at radius 1 is 1.00 bits per heavy atom. The second-order valence-electron chi connectivity index (χ2n) is 8.04. The molecule has 5 atom stereocenters. The second kappa shape index (κ2) is 4.55. The maximum Gasteiger partial charge on any atom is 0.192 e. The van der Waals surface area contributed by atoms with Gasteiger partial charge in [0.1, 0.15) is 0 Å². The maximum atomic E-state index is 6.77. The lowest BCUT2D eigenvalue weighted by Gasteiger charge is -2.45. The Labute approximate surface area is 118 Å². The molecule has 0 aromatic heterocycles. The van der Waals surface area contributed by atoms with E-state index >= 15 is 0 Å². The second-order valence-corrected chi connectivity index (χ2v) is 12.8. The topological polar surface area (TPSA) is 27.7 Å². The number of hydrogen-bond donors (Lipinski definition) is 0. The molecule has 1 saturated carbocycles. The summed E-state index contributed by atoms with van der Waals surface area (Å²) in [5.41, 5.74) is 0. The first-order valence-corrected chi connectivity index (χ1v) is 10.6. The highest BCUT2D eigenvalue weighted by Gasteiger charge is 2.53. The molecule has 5 unspecified atom stereocenters. The molecule has 3 nitrogen and oxygen atoms in total. The van der Waals surface area contributed by atoms with Gasteiger partial charge in [-0.2, -0.15) is 0 Å². The van der Waals surface area contributed by atoms with Gasteiger partial charge in [0.05, 0.1) is 19.3 Å². The van der Waals surface area contributed by atoms with Gasteiger partial charge in [0.2, 0.25) is 0 Å². The van der Waals surface area contributed by atoms with Crippen molar-refractivity contribution in [2.75, 3.05) is 13.2 Å². The number of ether oxygens (including phenoxy) is 2. The Balaban J connectivity index is 1.81. The van der Waals surface area contributed by atoms with Crippen LogP contribution in [0, 0.1) is 17.8 Å². The molecule has 19 heavy (non-hydrogen) atoms. The van der Waals surface area contributed by atoms with Crippen LogP contribution in [0.25, 0.3) is 0 Å². The third-order valence-corrected chi connectivity index (χ3v) is 10.3. The van der Waals surface area contributed by atoms with Gasteiger partial charge >= 0.3 is 0 Å². The van der Waals surface area contributed by atoms with Crippen LogP contribution in [0.15, 0.2) is 0 Å². The Hall–Kier alpha value is 0.0969. The molecule has 0 aromatic rings. The summed E-state index contributed by atoms with van der Waals surface area (Å²) in [6.45, 7) is 13.3. The van der Waals surface area contributed by atoms with Crippen LogP contribution in [0.1, 0.15) is 33.6 Å². The van der Waals surface area contributed by atoms with Crippen LogP contribution in [0.5, 0.6) is 0 Å². The average Bonchev–Trinajstić information content (AvgIpc) is 2.52. The van der Waals surface area contributed by atoms with Crippen LogP contribution in [-0.2, 0) is 13.9 Å². The van der Waals surface area contributed by atoms with Gasteiger partial charge in [-0.05, 0) is 31.0 Å². The highest BCUT2D eigenvalue weighted by molar-refractivity contribution is 6.74. The summed E-state index contributed by atoms with van der Waals surface area (Å²) in [5.74, 6) is 1.73. The Morgan fingerprint density at radius 2 is 1.68 bits per heavy atom. The number of hydrogen-bond acceptors (Lipinski definition) is 3. The molecular formula is C15H28O3Si. The zero-order valence-corrected chi connectivity index (χ0v) is 13.9. The number of rotatable bonds is 2. The first-order chi connectivity index (χ1) is 8.79. The fraction of sp³-hybridized carbons (Fsp3) is 1.00. The van der Waals surface area contributed by atoms with Crippen molar-refractivity contribution in [3.8, 4) is 0 Å². The van der Waals surface area contributed by atoms with Crippen LogP contribution >= 0.6 is 0 Å². The van der Waals surface area contributed by atoms with E-state index in [9.17, 15) is 0 Å². The van der Waals surface area contributed by atoms with Gasteiger partial charge in [-0.1, -0.05) is 20.8 Å². The van der Waals surface area contributed by atoms with Gasteiger partial charge in [-0.3, -0.25) is 0 Å². The lowest BCUT2D eigenvalue weighted by Crippen LogP contribution is -2.50. The van der Waals surface area contributed by atoms with Crippen molar-refractivity contribution < 1.29 is 13.9 Å². The van der Waals surface area contributed by atoms with Crippen LogP contribution in [0.2, 0.25) is 18.1 Å². The first-order valence-electron chi connectivity index (χ1n) is 7.70. The summed E-state index contributed by atoms with van der Waals surface area (Å²) in [6, 6.07) is 0. The zero-order valence-electron chi connectivity index (χ0n) is 12.9. The molecule has 4 fully saturated rings. The minimum absolute atomic E-state index is 0.0583. The predicted octanol–water partition coefficient (Wildman–Crippen LogP) is 3.41. The van der Waals surface area contributed by atoms with Gasteiger partial charge in [0.15, 0.2) is 14.6 Å². The highest BCUT2D eigenvalue weighted by atomic mass is 28.4. The molecule has 110 valence electrons. The molecule has 4 heteroatoms. The predicted molar refractivity (Wildman–Crippen MR) is 77.5 cm³/mol. The SMILES string of the molecule is CC(C)(C)[Si](C)(C)OC1C2CCC3C(OC2)OCC31. The van der Waals surface area contributed by atoms with Crippen LogP contribution < -0.4 is 0 Å². The number of fused-ring (bicyclic) bond motifs is 2. The molecular weight excluding hydrogens is 256 g/mol. The third kappa shape index (κ3) is 2.31. The summed E-state index contributed by atoms with van der Waals surface area (Å²) in [7, 11) is -1.70. The van der Waals surface area contributed by atoms with Gasteiger partial charge in [0, 0.05) is 17.8 Å². The summed E-state index contributed by atoms with van der Waals surface area (Å²) in [4.78, 5) is 0. The molecule has 4 bridgehead atoms. The Morgan fingerprint density at radius 3 is 2.37 bits per heavy atom. The molecule has 0 radical (unpaired) electrons. The van der Waals surface area contributed by atoms with E-state index in [2.05, 4.69) is 33.9 Å². The standard InChI is InChI=1S/C15H28O3Si/c1-15(2,3)19(4,5)18-13-10-6-7-11-12(13)9-17-14(11)16-8-10/h10-14H,6-9H2,1-5H3. The lowest BCUT2D eigenvalue weighted by molar-refractivity contribution is -0.134. The van der Waals surface area contributed by atoms with Crippen LogP contribution in [-0.4, -0.2) is 33.9 Å². The summed E-state index contributed by atoms with van der Waals surface area (Å²) < 4.78 is 18.5. The van der Waals surface area contributed by atoms with Crippen molar-refractivity contribution in [2.45, 2.75) is 64.1 Å². The molecule has 3 heterocycles. The zero-order chi connectivity index (χ0) is 13.8. The third-order valence-electron chi connectivity index (χ3n) is 5.82. The molecule has 3 saturated heterocycles. The molecule has 0 amide bonds.